The number of fused-ring (bicyclic) bond motifs is 1. The van der Waals surface area contributed by atoms with Crippen LogP contribution in [-0.2, 0) is 0 Å². The maximum Gasteiger partial charge on any atom is 0.245 e. The molecule has 0 fully saturated rings. The molecule has 3 nitrogen and oxygen atoms in total. The van der Waals surface area contributed by atoms with Gasteiger partial charge in [0, 0.05) is 17.6 Å². The lowest BCUT2D eigenvalue weighted by molar-refractivity contribution is 0.0945. The lowest BCUT2D eigenvalue weighted by Crippen LogP contribution is -2.09. The van der Waals surface area contributed by atoms with E-state index in [9.17, 15) is 4.79 Å². The van der Waals surface area contributed by atoms with Crippen molar-refractivity contribution in [2.45, 2.75) is 0 Å². The molecule has 1 heterocycles. The average molecular weight is 224 g/mol. The number of methoxy groups -OCH3 is 1. The molecule has 0 radical (unpaired) electrons. The number of rotatable bonds is 2. The van der Waals surface area contributed by atoms with Gasteiger partial charge in [-0.2, -0.15) is 0 Å². The van der Waals surface area contributed by atoms with E-state index in [0.29, 0.717) is 0 Å². The van der Waals surface area contributed by atoms with Crippen LogP contribution in [0, 0.1) is 0 Å². The van der Waals surface area contributed by atoms with Crippen molar-refractivity contribution in [1.29, 1.82) is 0 Å². The zero-order valence-corrected chi connectivity index (χ0v) is 8.99. The Morgan fingerprint density at radius 1 is 1.47 bits per heavy atom. The van der Waals surface area contributed by atoms with Gasteiger partial charge in [0.1, 0.15) is 11.6 Å². The summed E-state index contributed by atoms with van der Waals surface area (Å²) in [7, 11) is 1.60. The normalized spacial score (nSPS) is 10.5. The molecule has 0 saturated carbocycles. The highest BCUT2D eigenvalue weighted by atomic mass is 35.5. The Morgan fingerprint density at radius 2 is 2.27 bits per heavy atom. The van der Waals surface area contributed by atoms with Gasteiger partial charge in [0.05, 0.1) is 12.6 Å². The minimum Gasteiger partial charge on any atom is -0.497 e. The van der Waals surface area contributed by atoms with Gasteiger partial charge in [-0.15, -0.1) is 11.6 Å². The molecule has 0 N–H and O–H groups in total. The average Bonchev–Trinajstić information content (AvgIpc) is 2.70. The molecule has 0 amide bonds. The fourth-order valence-electron chi connectivity index (χ4n) is 1.52. The van der Waals surface area contributed by atoms with E-state index in [2.05, 4.69) is 0 Å². The zero-order valence-electron chi connectivity index (χ0n) is 8.24. The van der Waals surface area contributed by atoms with Gasteiger partial charge >= 0.3 is 0 Å². The molecule has 0 unspecified atom stereocenters. The highest BCUT2D eigenvalue weighted by Crippen LogP contribution is 2.21. The summed E-state index contributed by atoms with van der Waals surface area (Å²) in [6, 6.07) is 7.46. The monoisotopic (exact) mass is 223 g/mol. The molecular formula is C11H10ClNO2. The van der Waals surface area contributed by atoms with Crippen LogP contribution < -0.4 is 4.74 Å². The van der Waals surface area contributed by atoms with Gasteiger partial charge < -0.3 is 4.74 Å². The first-order valence-corrected chi connectivity index (χ1v) is 5.04. The van der Waals surface area contributed by atoms with E-state index in [0.717, 1.165) is 16.7 Å². The van der Waals surface area contributed by atoms with E-state index in [1.54, 1.807) is 13.3 Å². The summed E-state index contributed by atoms with van der Waals surface area (Å²) in [6.07, 6.45) is 1.72. The molecule has 0 aliphatic heterocycles. The number of hydrogen-bond donors (Lipinski definition) is 0. The summed E-state index contributed by atoms with van der Waals surface area (Å²) in [5.41, 5.74) is 0.819. The zero-order chi connectivity index (χ0) is 10.8. The van der Waals surface area contributed by atoms with Crippen LogP contribution in [0.2, 0.25) is 0 Å². The third kappa shape index (κ3) is 1.70. The second kappa shape index (κ2) is 3.95. The van der Waals surface area contributed by atoms with Gasteiger partial charge in [-0.3, -0.25) is 9.36 Å². The Kier molecular flexibility index (Phi) is 2.64. The van der Waals surface area contributed by atoms with Crippen molar-refractivity contribution < 1.29 is 9.53 Å². The summed E-state index contributed by atoms with van der Waals surface area (Å²) in [6.45, 7) is 0. The summed E-state index contributed by atoms with van der Waals surface area (Å²) in [5.74, 6) is 0.561. The van der Waals surface area contributed by atoms with Gasteiger partial charge in [0.25, 0.3) is 0 Å². The van der Waals surface area contributed by atoms with E-state index in [-0.39, 0.29) is 11.8 Å². The summed E-state index contributed by atoms with van der Waals surface area (Å²) in [4.78, 5) is 11.5. The van der Waals surface area contributed by atoms with Crippen LogP contribution in [0.15, 0.2) is 30.5 Å². The number of carbonyl (C=O) groups is 1. The Balaban J connectivity index is 2.61. The number of nitrogens with zero attached hydrogens (tertiary/aromatic N) is 1. The molecule has 4 heteroatoms. The largest absolute Gasteiger partial charge is 0.497 e. The minimum atomic E-state index is -0.139. The predicted molar refractivity (Wildman–Crippen MR) is 59.8 cm³/mol. The quantitative estimate of drug-likeness (QED) is 0.733. The summed E-state index contributed by atoms with van der Waals surface area (Å²) >= 11 is 5.52. The SMILES string of the molecule is COc1ccc2ccn(C(=O)CCl)c2c1. The number of hydrogen-bond acceptors (Lipinski definition) is 2. The summed E-state index contributed by atoms with van der Waals surface area (Å²) in [5, 5.41) is 0.995. The van der Waals surface area contributed by atoms with Crippen molar-refractivity contribution in [3.8, 4) is 5.75 Å². The number of halogens is 1. The van der Waals surface area contributed by atoms with Gasteiger partial charge in [-0.1, -0.05) is 0 Å². The number of carbonyl (C=O) groups excluding carboxylic acids is 1. The van der Waals surface area contributed by atoms with Crippen molar-refractivity contribution in [3.63, 3.8) is 0 Å². The lowest BCUT2D eigenvalue weighted by atomic mass is 10.2. The third-order valence-electron chi connectivity index (χ3n) is 2.28. The van der Waals surface area contributed by atoms with E-state index < -0.39 is 0 Å². The fourth-order valence-corrected chi connectivity index (χ4v) is 1.65. The highest BCUT2D eigenvalue weighted by molar-refractivity contribution is 6.28. The number of benzene rings is 1. The second-order valence-corrected chi connectivity index (χ2v) is 3.41. The molecule has 0 spiro atoms. The Bertz CT molecular complexity index is 504. The first-order valence-electron chi connectivity index (χ1n) is 4.50. The second-order valence-electron chi connectivity index (χ2n) is 3.14. The molecule has 0 aliphatic rings. The number of ether oxygens (including phenoxy) is 1. The molecule has 0 saturated heterocycles. The molecule has 2 rings (SSSR count). The van der Waals surface area contributed by atoms with Crippen molar-refractivity contribution >= 4 is 28.4 Å². The number of aromatic nitrogens is 1. The molecule has 2 aromatic rings. The molecule has 1 aromatic heterocycles. The molecule has 0 aliphatic carbocycles. The van der Waals surface area contributed by atoms with Gasteiger partial charge in [-0.05, 0) is 18.2 Å². The van der Waals surface area contributed by atoms with E-state index in [4.69, 9.17) is 16.3 Å². The van der Waals surface area contributed by atoms with Crippen molar-refractivity contribution in [1.82, 2.24) is 4.57 Å². The molecule has 15 heavy (non-hydrogen) atoms. The maximum absolute atomic E-state index is 11.5. The third-order valence-corrected chi connectivity index (χ3v) is 2.51. The smallest absolute Gasteiger partial charge is 0.245 e. The molecule has 0 atom stereocenters. The van der Waals surface area contributed by atoms with Crippen LogP contribution in [0.1, 0.15) is 4.79 Å². The predicted octanol–water partition coefficient (Wildman–Crippen LogP) is 2.53. The summed E-state index contributed by atoms with van der Waals surface area (Å²) < 4.78 is 6.64. The van der Waals surface area contributed by atoms with Crippen LogP contribution in [-0.4, -0.2) is 23.5 Å². The Labute approximate surface area is 92.2 Å². The standard InChI is InChI=1S/C11H10ClNO2/c1-15-9-3-2-8-4-5-13(10(8)6-9)11(14)7-12/h2-6H,7H2,1H3. The van der Waals surface area contributed by atoms with Crippen LogP contribution >= 0.6 is 11.6 Å². The van der Waals surface area contributed by atoms with Crippen LogP contribution in [0.5, 0.6) is 5.75 Å². The Hall–Kier alpha value is -1.48. The minimum absolute atomic E-state index is 0.0268. The van der Waals surface area contributed by atoms with E-state index in [1.165, 1.54) is 4.57 Å². The van der Waals surface area contributed by atoms with Gasteiger partial charge in [0.15, 0.2) is 0 Å². The first kappa shape index (κ1) is 10.1. The van der Waals surface area contributed by atoms with Crippen molar-refractivity contribution in [3.05, 3.63) is 30.5 Å². The van der Waals surface area contributed by atoms with Gasteiger partial charge in [-0.25, -0.2) is 0 Å². The Morgan fingerprint density at radius 3 is 2.93 bits per heavy atom. The van der Waals surface area contributed by atoms with E-state index in [1.807, 2.05) is 24.3 Å². The topological polar surface area (TPSA) is 31.2 Å². The first-order chi connectivity index (χ1) is 7.26. The van der Waals surface area contributed by atoms with Crippen LogP contribution in [0.25, 0.3) is 10.9 Å². The van der Waals surface area contributed by atoms with Crippen LogP contribution in [0.3, 0.4) is 0 Å². The molecule has 78 valence electrons. The highest BCUT2D eigenvalue weighted by Gasteiger charge is 2.07. The molecule has 0 bridgehead atoms. The fraction of sp³-hybridized carbons (Fsp3) is 0.182. The lowest BCUT2D eigenvalue weighted by Gasteiger charge is -2.03. The number of alkyl halides is 1. The van der Waals surface area contributed by atoms with Crippen molar-refractivity contribution in [2.75, 3.05) is 13.0 Å². The molecular weight excluding hydrogens is 214 g/mol. The molecule has 1 aromatic carbocycles. The maximum atomic E-state index is 11.5. The van der Waals surface area contributed by atoms with Gasteiger partial charge in [0.2, 0.25) is 5.91 Å². The van der Waals surface area contributed by atoms with E-state index >= 15 is 0 Å². The van der Waals surface area contributed by atoms with Crippen molar-refractivity contribution in [2.24, 2.45) is 0 Å². The van der Waals surface area contributed by atoms with Crippen LogP contribution in [0.4, 0.5) is 0 Å².